The van der Waals surface area contributed by atoms with Crippen LogP contribution in [0.1, 0.15) is 11.1 Å². The minimum absolute atomic E-state index is 0.219. The third-order valence-corrected chi connectivity index (χ3v) is 3.52. The summed E-state index contributed by atoms with van der Waals surface area (Å²) < 4.78 is 10.5. The number of anilines is 1. The van der Waals surface area contributed by atoms with Crippen LogP contribution in [0, 0.1) is 6.92 Å². The molecule has 112 valence electrons. The van der Waals surface area contributed by atoms with E-state index in [0.29, 0.717) is 16.5 Å². The highest BCUT2D eigenvalue weighted by Gasteiger charge is 2.12. The number of benzene rings is 2. The van der Waals surface area contributed by atoms with Gasteiger partial charge in [0.25, 0.3) is 0 Å². The number of nitrogens with one attached hydrogen (secondary N) is 1. The van der Waals surface area contributed by atoms with Gasteiger partial charge in [0.2, 0.25) is 12.7 Å². The SMILES string of the molecule is Cc1ccc(Cl)cc1NC(=O)/C=C/c1ccc2c(c1)OCO2. The van der Waals surface area contributed by atoms with Crippen molar-refractivity contribution in [3.05, 3.63) is 58.6 Å². The summed E-state index contributed by atoms with van der Waals surface area (Å²) in [5.74, 6) is 1.19. The molecule has 0 radical (unpaired) electrons. The van der Waals surface area contributed by atoms with Crippen LogP contribution in [0.5, 0.6) is 11.5 Å². The maximum atomic E-state index is 12.0. The van der Waals surface area contributed by atoms with Gasteiger partial charge in [-0.15, -0.1) is 0 Å². The molecule has 0 aromatic heterocycles. The average Bonchev–Trinajstić information content (AvgIpc) is 2.96. The lowest BCUT2D eigenvalue weighted by atomic mass is 10.2. The molecule has 0 atom stereocenters. The van der Waals surface area contributed by atoms with Gasteiger partial charge in [-0.05, 0) is 48.4 Å². The second-order valence-corrected chi connectivity index (χ2v) is 5.33. The summed E-state index contributed by atoms with van der Waals surface area (Å²) in [6.45, 7) is 2.14. The molecule has 1 aliphatic heterocycles. The van der Waals surface area contributed by atoms with E-state index in [-0.39, 0.29) is 12.7 Å². The largest absolute Gasteiger partial charge is 0.454 e. The van der Waals surface area contributed by atoms with Crippen molar-refractivity contribution in [2.24, 2.45) is 0 Å². The molecule has 0 unspecified atom stereocenters. The number of rotatable bonds is 3. The summed E-state index contributed by atoms with van der Waals surface area (Å²) in [6, 6.07) is 10.9. The van der Waals surface area contributed by atoms with E-state index in [1.807, 2.05) is 31.2 Å². The first-order chi connectivity index (χ1) is 10.6. The fourth-order valence-corrected chi connectivity index (χ4v) is 2.26. The van der Waals surface area contributed by atoms with Crippen LogP contribution in [0.15, 0.2) is 42.5 Å². The fraction of sp³-hybridized carbons (Fsp3) is 0.118. The van der Waals surface area contributed by atoms with E-state index >= 15 is 0 Å². The lowest BCUT2D eigenvalue weighted by Gasteiger charge is -2.06. The molecule has 5 heteroatoms. The van der Waals surface area contributed by atoms with Crippen LogP contribution in [0.25, 0.3) is 6.08 Å². The van der Waals surface area contributed by atoms with Crippen LogP contribution in [-0.4, -0.2) is 12.7 Å². The van der Waals surface area contributed by atoms with E-state index in [1.54, 1.807) is 18.2 Å². The number of halogens is 1. The van der Waals surface area contributed by atoms with Crippen LogP contribution < -0.4 is 14.8 Å². The van der Waals surface area contributed by atoms with Crippen LogP contribution in [0.2, 0.25) is 5.02 Å². The summed E-state index contributed by atoms with van der Waals surface area (Å²) in [6.07, 6.45) is 3.19. The van der Waals surface area contributed by atoms with Crippen molar-refractivity contribution < 1.29 is 14.3 Å². The molecule has 22 heavy (non-hydrogen) atoms. The van der Waals surface area contributed by atoms with Gasteiger partial charge in [-0.1, -0.05) is 23.7 Å². The Labute approximate surface area is 133 Å². The zero-order valence-corrected chi connectivity index (χ0v) is 12.7. The first-order valence-electron chi connectivity index (χ1n) is 6.77. The highest BCUT2D eigenvalue weighted by atomic mass is 35.5. The highest BCUT2D eigenvalue weighted by molar-refractivity contribution is 6.31. The van der Waals surface area contributed by atoms with E-state index in [2.05, 4.69) is 5.32 Å². The molecule has 0 saturated heterocycles. The minimum Gasteiger partial charge on any atom is -0.454 e. The Hall–Kier alpha value is -2.46. The summed E-state index contributed by atoms with van der Waals surface area (Å²) >= 11 is 5.93. The molecule has 4 nitrogen and oxygen atoms in total. The zero-order chi connectivity index (χ0) is 15.5. The zero-order valence-electron chi connectivity index (χ0n) is 11.9. The molecule has 1 amide bonds. The van der Waals surface area contributed by atoms with Crippen molar-refractivity contribution in [1.29, 1.82) is 0 Å². The lowest BCUT2D eigenvalue weighted by Crippen LogP contribution is -2.08. The maximum absolute atomic E-state index is 12.0. The summed E-state index contributed by atoms with van der Waals surface area (Å²) in [5, 5.41) is 3.39. The maximum Gasteiger partial charge on any atom is 0.248 e. The third-order valence-electron chi connectivity index (χ3n) is 3.28. The van der Waals surface area contributed by atoms with E-state index < -0.39 is 0 Å². The van der Waals surface area contributed by atoms with Crippen molar-refractivity contribution in [3.8, 4) is 11.5 Å². The fourth-order valence-electron chi connectivity index (χ4n) is 2.09. The molecule has 2 aromatic carbocycles. The number of carbonyl (C=O) groups is 1. The molecule has 1 aliphatic rings. The number of hydrogen-bond donors (Lipinski definition) is 1. The second kappa shape index (κ2) is 6.12. The molecule has 0 fully saturated rings. The topological polar surface area (TPSA) is 47.6 Å². The van der Waals surface area contributed by atoms with Crippen molar-refractivity contribution in [1.82, 2.24) is 0 Å². The summed E-state index contributed by atoms with van der Waals surface area (Å²) in [7, 11) is 0. The van der Waals surface area contributed by atoms with Crippen LogP contribution in [0.4, 0.5) is 5.69 Å². The van der Waals surface area contributed by atoms with Gasteiger partial charge >= 0.3 is 0 Å². The van der Waals surface area contributed by atoms with E-state index in [9.17, 15) is 4.79 Å². The van der Waals surface area contributed by atoms with E-state index in [4.69, 9.17) is 21.1 Å². The molecule has 0 spiro atoms. The Balaban J connectivity index is 1.70. The van der Waals surface area contributed by atoms with Crippen molar-refractivity contribution in [2.75, 3.05) is 12.1 Å². The van der Waals surface area contributed by atoms with Gasteiger partial charge in [0.1, 0.15) is 0 Å². The second-order valence-electron chi connectivity index (χ2n) is 4.89. The Morgan fingerprint density at radius 3 is 2.86 bits per heavy atom. The average molecular weight is 316 g/mol. The first kappa shape index (κ1) is 14.5. The van der Waals surface area contributed by atoms with E-state index in [0.717, 1.165) is 16.9 Å². The predicted octanol–water partition coefficient (Wildman–Crippen LogP) is 4.03. The molecular weight excluding hydrogens is 302 g/mol. The molecule has 2 aromatic rings. The van der Waals surface area contributed by atoms with Gasteiger partial charge in [0.05, 0.1) is 0 Å². The molecular formula is C17H14ClNO3. The van der Waals surface area contributed by atoms with Gasteiger partial charge < -0.3 is 14.8 Å². The Morgan fingerprint density at radius 1 is 1.18 bits per heavy atom. The van der Waals surface area contributed by atoms with E-state index in [1.165, 1.54) is 6.08 Å². The van der Waals surface area contributed by atoms with Crippen LogP contribution in [-0.2, 0) is 4.79 Å². The smallest absolute Gasteiger partial charge is 0.248 e. The van der Waals surface area contributed by atoms with Crippen molar-refractivity contribution in [2.45, 2.75) is 6.92 Å². The molecule has 3 rings (SSSR count). The number of amides is 1. The molecule has 0 bridgehead atoms. The van der Waals surface area contributed by atoms with Gasteiger partial charge in [-0.3, -0.25) is 4.79 Å². The standard InChI is InChI=1S/C17H14ClNO3/c1-11-2-5-13(18)9-14(11)19-17(20)7-4-12-3-6-15-16(8-12)22-10-21-15/h2-9H,10H2,1H3,(H,19,20)/b7-4+. The number of carbonyl (C=O) groups excluding carboxylic acids is 1. The molecule has 1 heterocycles. The number of fused-ring (bicyclic) bond motifs is 1. The minimum atomic E-state index is -0.219. The number of hydrogen-bond acceptors (Lipinski definition) is 3. The number of aryl methyl sites for hydroxylation is 1. The Kier molecular flexibility index (Phi) is 4.02. The Bertz CT molecular complexity index is 756. The lowest BCUT2D eigenvalue weighted by molar-refractivity contribution is -0.111. The first-order valence-corrected chi connectivity index (χ1v) is 7.14. The predicted molar refractivity (Wildman–Crippen MR) is 86.4 cm³/mol. The van der Waals surface area contributed by atoms with Crippen molar-refractivity contribution >= 4 is 29.3 Å². The molecule has 0 saturated carbocycles. The van der Waals surface area contributed by atoms with Gasteiger partial charge in [0, 0.05) is 16.8 Å². The molecule has 0 aliphatic carbocycles. The Morgan fingerprint density at radius 2 is 2.00 bits per heavy atom. The summed E-state index contributed by atoms with van der Waals surface area (Å²) in [5.41, 5.74) is 2.52. The van der Waals surface area contributed by atoms with Gasteiger partial charge in [0.15, 0.2) is 11.5 Å². The molecule has 1 N–H and O–H groups in total. The van der Waals surface area contributed by atoms with Crippen LogP contribution >= 0.6 is 11.6 Å². The van der Waals surface area contributed by atoms with Crippen molar-refractivity contribution in [3.63, 3.8) is 0 Å². The monoisotopic (exact) mass is 315 g/mol. The third kappa shape index (κ3) is 3.23. The van der Waals surface area contributed by atoms with Crippen LogP contribution in [0.3, 0.4) is 0 Å². The quantitative estimate of drug-likeness (QED) is 0.870. The summed E-state index contributed by atoms with van der Waals surface area (Å²) in [4.78, 5) is 12.0. The normalized spacial score (nSPS) is 12.6. The van der Waals surface area contributed by atoms with Gasteiger partial charge in [-0.2, -0.15) is 0 Å². The number of ether oxygens (including phenoxy) is 2. The highest BCUT2D eigenvalue weighted by Crippen LogP contribution is 2.32. The van der Waals surface area contributed by atoms with Gasteiger partial charge in [-0.25, -0.2) is 0 Å².